The molecule has 2 N–H and O–H groups in total. The third-order valence-corrected chi connectivity index (χ3v) is 4.64. The van der Waals surface area contributed by atoms with E-state index in [-0.39, 0.29) is 0 Å². The maximum atomic E-state index is 10.4. The quantitative estimate of drug-likeness (QED) is 0.771. The van der Waals surface area contributed by atoms with Gasteiger partial charge in [-0.2, -0.15) is 0 Å². The Morgan fingerprint density at radius 3 is 2.38 bits per heavy atom. The minimum Gasteiger partial charge on any atom is -0.389 e. The summed E-state index contributed by atoms with van der Waals surface area (Å²) in [5.41, 5.74) is -0.398. The van der Waals surface area contributed by atoms with E-state index in [1.165, 1.54) is 44.9 Å². The number of nitrogens with one attached hydrogen (secondary N) is 1. The Labute approximate surface area is 99.8 Å². The van der Waals surface area contributed by atoms with Crippen molar-refractivity contribution in [3.05, 3.63) is 0 Å². The summed E-state index contributed by atoms with van der Waals surface area (Å²) in [7, 11) is 0. The summed E-state index contributed by atoms with van der Waals surface area (Å²) in [4.78, 5) is 0. The minimum absolute atomic E-state index is 0.398. The summed E-state index contributed by atoms with van der Waals surface area (Å²) in [6, 6.07) is 0.591. The van der Waals surface area contributed by atoms with Crippen LogP contribution in [0.4, 0.5) is 0 Å². The molecule has 2 saturated carbocycles. The molecule has 1 atom stereocenters. The molecule has 94 valence electrons. The normalized spacial score (nSPS) is 28.1. The van der Waals surface area contributed by atoms with E-state index < -0.39 is 5.60 Å². The van der Waals surface area contributed by atoms with Crippen molar-refractivity contribution in [2.45, 2.75) is 76.4 Å². The molecule has 0 bridgehead atoms. The smallest absolute Gasteiger partial charge is 0.0771 e. The van der Waals surface area contributed by atoms with Crippen molar-refractivity contribution in [2.75, 3.05) is 6.54 Å². The third kappa shape index (κ3) is 3.21. The highest BCUT2D eigenvalue weighted by atomic mass is 16.3. The van der Waals surface area contributed by atoms with E-state index in [2.05, 4.69) is 12.2 Å². The maximum Gasteiger partial charge on any atom is 0.0771 e. The number of rotatable bonds is 4. The predicted octanol–water partition coefficient (Wildman–Crippen LogP) is 2.85. The average Bonchev–Trinajstić information content (AvgIpc) is 2.80. The summed E-state index contributed by atoms with van der Waals surface area (Å²) >= 11 is 0. The van der Waals surface area contributed by atoms with Crippen molar-refractivity contribution >= 4 is 0 Å². The molecular weight excluding hydrogens is 198 g/mol. The molecule has 2 nitrogen and oxygen atoms in total. The Bertz CT molecular complexity index is 205. The lowest BCUT2D eigenvalue weighted by Gasteiger charge is -2.34. The lowest BCUT2D eigenvalue weighted by molar-refractivity contribution is 0.00163. The minimum atomic E-state index is -0.398. The zero-order chi connectivity index (χ0) is 11.4. The van der Waals surface area contributed by atoms with E-state index in [9.17, 15) is 5.11 Å². The molecule has 0 spiro atoms. The maximum absolute atomic E-state index is 10.4. The van der Waals surface area contributed by atoms with Gasteiger partial charge < -0.3 is 10.4 Å². The van der Waals surface area contributed by atoms with Crippen molar-refractivity contribution in [3.63, 3.8) is 0 Å². The van der Waals surface area contributed by atoms with Gasteiger partial charge in [-0.05, 0) is 38.5 Å². The lowest BCUT2D eigenvalue weighted by atomic mass is 9.84. The second-order valence-corrected chi connectivity index (χ2v) is 6.00. The fourth-order valence-corrected chi connectivity index (χ4v) is 3.36. The van der Waals surface area contributed by atoms with Crippen LogP contribution in [0.3, 0.4) is 0 Å². The summed E-state index contributed by atoms with van der Waals surface area (Å²) in [5.74, 6) is 0.854. The molecule has 0 aromatic rings. The molecule has 2 fully saturated rings. The lowest BCUT2D eigenvalue weighted by Crippen LogP contribution is -2.46. The van der Waals surface area contributed by atoms with Gasteiger partial charge in [0, 0.05) is 12.6 Å². The Morgan fingerprint density at radius 2 is 1.75 bits per heavy atom. The highest BCUT2D eigenvalue weighted by Crippen LogP contribution is 2.30. The monoisotopic (exact) mass is 225 g/mol. The van der Waals surface area contributed by atoms with Crippen LogP contribution >= 0.6 is 0 Å². The molecule has 0 radical (unpaired) electrons. The Balaban J connectivity index is 1.72. The molecule has 2 rings (SSSR count). The molecule has 2 aliphatic rings. The van der Waals surface area contributed by atoms with Crippen LogP contribution in [-0.4, -0.2) is 23.3 Å². The predicted molar refractivity (Wildman–Crippen MR) is 67.5 cm³/mol. The van der Waals surface area contributed by atoms with Crippen LogP contribution < -0.4 is 5.32 Å². The molecule has 0 unspecified atom stereocenters. The van der Waals surface area contributed by atoms with Gasteiger partial charge in [0.05, 0.1) is 5.60 Å². The Morgan fingerprint density at radius 1 is 1.12 bits per heavy atom. The van der Waals surface area contributed by atoms with Crippen molar-refractivity contribution in [1.29, 1.82) is 0 Å². The molecular formula is C14H27NO. The van der Waals surface area contributed by atoms with Gasteiger partial charge in [0.1, 0.15) is 0 Å². The molecule has 0 aromatic heterocycles. The summed E-state index contributed by atoms with van der Waals surface area (Å²) in [6.07, 6.45) is 11.3. The van der Waals surface area contributed by atoms with E-state index >= 15 is 0 Å². The van der Waals surface area contributed by atoms with Gasteiger partial charge >= 0.3 is 0 Å². The van der Waals surface area contributed by atoms with Gasteiger partial charge in [0.25, 0.3) is 0 Å². The van der Waals surface area contributed by atoms with Crippen molar-refractivity contribution in [2.24, 2.45) is 5.92 Å². The van der Waals surface area contributed by atoms with Gasteiger partial charge in [0.15, 0.2) is 0 Å². The molecule has 0 aliphatic heterocycles. The zero-order valence-electron chi connectivity index (χ0n) is 10.7. The number of aliphatic hydroxyl groups is 1. The van der Waals surface area contributed by atoms with E-state index in [1.54, 1.807) is 0 Å². The highest BCUT2D eigenvalue weighted by Gasteiger charge is 2.30. The van der Waals surface area contributed by atoms with Crippen molar-refractivity contribution in [3.8, 4) is 0 Å². The van der Waals surface area contributed by atoms with E-state index in [1.807, 2.05) is 0 Å². The first kappa shape index (κ1) is 12.4. The van der Waals surface area contributed by atoms with Crippen LogP contribution in [-0.2, 0) is 0 Å². The SMILES string of the molecule is C[C@@H](NCC1(O)CCCCC1)C1CCCC1. The molecule has 0 heterocycles. The number of hydrogen-bond donors (Lipinski definition) is 2. The largest absolute Gasteiger partial charge is 0.389 e. The average molecular weight is 225 g/mol. The Hall–Kier alpha value is -0.0800. The van der Waals surface area contributed by atoms with E-state index in [4.69, 9.17) is 0 Å². The van der Waals surface area contributed by atoms with Gasteiger partial charge in [-0.3, -0.25) is 0 Å². The topological polar surface area (TPSA) is 32.3 Å². The first-order chi connectivity index (χ1) is 7.70. The van der Waals surface area contributed by atoms with Gasteiger partial charge in [-0.1, -0.05) is 32.1 Å². The first-order valence-electron chi connectivity index (χ1n) is 7.15. The van der Waals surface area contributed by atoms with Gasteiger partial charge in [-0.25, -0.2) is 0 Å². The third-order valence-electron chi connectivity index (χ3n) is 4.64. The van der Waals surface area contributed by atoms with Crippen LogP contribution in [0.15, 0.2) is 0 Å². The van der Waals surface area contributed by atoms with Gasteiger partial charge in [0.2, 0.25) is 0 Å². The highest BCUT2D eigenvalue weighted by molar-refractivity contribution is 4.87. The number of hydrogen-bond acceptors (Lipinski definition) is 2. The molecule has 2 heteroatoms. The molecule has 16 heavy (non-hydrogen) atoms. The van der Waals surface area contributed by atoms with Crippen LogP contribution in [0.1, 0.15) is 64.7 Å². The molecule has 0 saturated heterocycles. The van der Waals surface area contributed by atoms with Crippen molar-refractivity contribution < 1.29 is 5.11 Å². The second-order valence-electron chi connectivity index (χ2n) is 6.00. The molecule has 2 aliphatic carbocycles. The van der Waals surface area contributed by atoms with Crippen LogP contribution in [0.5, 0.6) is 0 Å². The summed E-state index contributed by atoms with van der Waals surface area (Å²) in [6.45, 7) is 3.10. The Kier molecular flexibility index (Phi) is 4.26. The molecule has 0 amide bonds. The van der Waals surface area contributed by atoms with Gasteiger partial charge in [-0.15, -0.1) is 0 Å². The van der Waals surface area contributed by atoms with Crippen LogP contribution in [0, 0.1) is 5.92 Å². The van der Waals surface area contributed by atoms with E-state index in [0.29, 0.717) is 6.04 Å². The van der Waals surface area contributed by atoms with Crippen LogP contribution in [0.2, 0.25) is 0 Å². The fraction of sp³-hybridized carbons (Fsp3) is 1.00. The standard InChI is InChI=1S/C14H27NO/c1-12(13-7-3-4-8-13)15-11-14(16)9-5-2-6-10-14/h12-13,15-16H,2-11H2,1H3/t12-/m1/s1. The second kappa shape index (κ2) is 5.50. The van der Waals surface area contributed by atoms with E-state index in [0.717, 1.165) is 25.3 Å². The first-order valence-corrected chi connectivity index (χ1v) is 7.15. The molecule has 0 aromatic carbocycles. The summed E-state index contributed by atoms with van der Waals surface area (Å²) < 4.78 is 0. The van der Waals surface area contributed by atoms with Crippen molar-refractivity contribution in [1.82, 2.24) is 5.32 Å². The zero-order valence-corrected chi connectivity index (χ0v) is 10.7. The summed E-state index contributed by atoms with van der Waals surface area (Å²) in [5, 5.41) is 14.0. The van der Waals surface area contributed by atoms with Crippen LogP contribution in [0.25, 0.3) is 0 Å². The fourth-order valence-electron chi connectivity index (χ4n) is 3.36.